The van der Waals surface area contributed by atoms with E-state index in [0.717, 1.165) is 18.5 Å². The van der Waals surface area contributed by atoms with E-state index in [2.05, 4.69) is 5.32 Å². The zero-order chi connectivity index (χ0) is 15.2. The van der Waals surface area contributed by atoms with Crippen LogP contribution >= 0.6 is 0 Å². The van der Waals surface area contributed by atoms with Crippen LogP contribution in [0.1, 0.15) is 41.6 Å². The smallest absolute Gasteiger partial charge is 0.336 e. The van der Waals surface area contributed by atoms with E-state index in [1.807, 2.05) is 0 Å². The maximum Gasteiger partial charge on any atom is 0.336 e. The van der Waals surface area contributed by atoms with Gasteiger partial charge in [-0.05, 0) is 50.0 Å². The van der Waals surface area contributed by atoms with Crippen LogP contribution in [0.3, 0.4) is 0 Å². The predicted molar refractivity (Wildman–Crippen MR) is 77.7 cm³/mol. The Balaban J connectivity index is 1.85. The minimum Gasteiger partial charge on any atom is -0.478 e. The third kappa shape index (κ3) is 2.57. The Morgan fingerprint density at radius 3 is 2.62 bits per heavy atom. The molecular formula is C15H18N2O4. The fourth-order valence-electron chi connectivity index (χ4n) is 3.05. The lowest BCUT2D eigenvalue weighted by Crippen LogP contribution is -2.18. The lowest BCUT2D eigenvalue weighted by molar-refractivity contribution is -0.385. The summed E-state index contributed by atoms with van der Waals surface area (Å²) < 4.78 is 0. The van der Waals surface area contributed by atoms with Gasteiger partial charge < -0.3 is 10.4 Å². The molecule has 0 bridgehead atoms. The van der Waals surface area contributed by atoms with Crippen LogP contribution in [-0.4, -0.2) is 22.5 Å². The summed E-state index contributed by atoms with van der Waals surface area (Å²) in [5.74, 6) is -0.368. The monoisotopic (exact) mass is 290 g/mol. The number of nitrogens with one attached hydrogen (secondary N) is 1. The van der Waals surface area contributed by atoms with Gasteiger partial charge in [0.05, 0.1) is 10.5 Å². The van der Waals surface area contributed by atoms with Gasteiger partial charge in [-0.1, -0.05) is 0 Å². The molecule has 0 atom stereocenters. The van der Waals surface area contributed by atoms with E-state index >= 15 is 0 Å². The Morgan fingerprint density at radius 2 is 2.14 bits per heavy atom. The number of nitrogens with zero attached hydrogens (tertiary/aromatic N) is 1. The number of hydrogen-bond donors (Lipinski definition) is 2. The SMILES string of the molecule is Cc1c(NCC2(C3CC3)CC2)cc(C(=O)O)cc1[N+](=O)[O-]. The Bertz CT molecular complexity index is 618. The lowest BCUT2D eigenvalue weighted by atomic mass is 10.00. The number of carbonyl (C=O) groups is 1. The third-order valence-electron chi connectivity index (χ3n) is 4.79. The highest BCUT2D eigenvalue weighted by molar-refractivity contribution is 5.90. The van der Waals surface area contributed by atoms with E-state index in [4.69, 9.17) is 5.11 Å². The second-order valence-corrected chi connectivity index (χ2v) is 6.22. The van der Waals surface area contributed by atoms with E-state index in [1.54, 1.807) is 6.92 Å². The third-order valence-corrected chi connectivity index (χ3v) is 4.79. The number of carboxylic acid groups (broad SMARTS) is 1. The molecule has 6 heteroatoms. The Labute approximate surface area is 122 Å². The molecule has 2 aliphatic rings. The molecule has 0 radical (unpaired) electrons. The molecule has 2 saturated carbocycles. The van der Waals surface area contributed by atoms with E-state index < -0.39 is 10.9 Å². The van der Waals surface area contributed by atoms with Crippen molar-refractivity contribution in [3.05, 3.63) is 33.4 Å². The number of nitro benzene ring substituents is 1. The number of aromatic carboxylic acids is 1. The topological polar surface area (TPSA) is 92.5 Å². The van der Waals surface area contributed by atoms with E-state index in [1.165, 1.54) is 31.7 Å². The first-order chi connectivity index (χ1) is 9.93. The molecule has 3 rings (SSSR count). The van der Waals surface area contributed by atoms with Crippen LogP contribution in [-0.2, 0) is 0 Å². The van der Waals surface area contributed by atoms with Gasteiger partial charge in [-0.3, -0.25) is 10.1 Å². The number of benzene rings is 1. The first-order valence-corrected chi connectivity index (χ1v) is 7.19. The lowest BCUT2D eigenvalue weighted by Gasteiger charge is -2.17. The van der Waals surface area contributed by atoms with Crippen molar-refractivity contribution in [1.82, 2.24) is 0 Å². The van der Waals surface area contributed by atoms with Crippen molar-refractivity contribution in [1.29, 1.82) is 0 Å². The largest absolute Gasteiger partial charge is 0.478 e. The molecule has 2 aliphatic carbocycles. The van der Waals surface area contributed by atoms with Gasteiger partial charge >= 0.3 is 5.97 Å². The fraction of sp³-hybridized carbons (Fsp3) is 0.533. The minimum atomic E-state index is -1.15. The van der Waals surface area contributed by atoms with Crippen molar-refractivity contribution < 1.29 is 14.8 Å². The molecule has 0 saturated heterocycles. The molecular weight excluding hydrogens is 272 g/mol. The highest BCUT2D eigenvalue weighted by atomic mass is 16.6. The number of anilines is 1. The molecule has 1 aromatic rings. The maximum absolute atomic E-state index is 11.1. The molecule has 2 fully saturated rings. The van der Waals surface area contributed by atoms with Crippen molar-refractivity contribution >= 4 is 17.3 Å². The fourth-order valence-corrected chi connectivity index (χ4v) is 3.05. The molecule has 0 unspecified atom stereocenters. The second kappa shape index (κ2) is 4.72. The molecule has 0 aromatic heterocycles. The van der Waals surface area contributed by atoms with E-state index in [0.29, 0.717) is 16.7 Å². The molecule has 0 heterocycles. The van der Waals surface area contributed by atoms with Crippen LogP contribution in [0.15, 0.2) is 12.1 Å². The van der Waals surface area contributed by atoms with Gasteiger partial charge in [0.15, 0.2) is 0 Å². The normalized spacial score (nSPS) is 19.1. The quantitative estimate of drug-likeness (QED) is 0.620. The van der Waals surface area contributed by atoms with Crippen molar-refractivity contribution in [2.45, 2.75) is 32.6 Å². The highest BCUT2D eigenvalue weighted by Crippen LogP contribution is 2.61. The number of rotatable bonds is 6. The molecule has 21 heavy (non-hydrogen) atoms. The highest BCUT2D eigenvalue weighted by Gasteiger charge is 2.53. The summed E-state index contributed by atoms with van der Waals surface area (Å²) in [5, 5.41) is 23.4. The number of nitro groups is 1. The molecule has 112 valence electrons. The Hall–Kier alpha value is -2.11. The van der Waals surface area contributed by atoms with Gasteiger partial charge in [0.2, 0.25) is 0 Å². The first kappa shape index (κ1) is 13.9. The van der Waals surface area contributed by atoms with Crippen LogP contribution in [0.5, 0.6) is 0 Å². The summed E-state index contributed by atoms with van der Waals surface area (Å²) in [7, 11) is 0. The van der Waals surface area contributed by atoms with Crippen LogP contribution in [0.4, 0.5) is 11.4 Å². The first-order valence-electron chi connectivity index (χ1n) is 7.19. The van der Waals surface area contributed by atoms with Gasteiger partial charge in [0.25, 0.3) is 5.69 Å². The average molecular weight is 290 g/mol. The Morgan fingerprint density at radius 1 is 1.48 bits per heavy atom. The van der Waals surface area contributed by atoms with Crippen LogP contribution in [0, 0.1) is 28.4 Å². The summed E-state index contributed by atoms with van der Waals surface area (Å²) in [6.45, 7) is 2.43. The van der Waals surface area contributed by atoms with Crippen LogP contribution in [0.25, 0.3) is 0 Å². The van der Waals surface area contributed by atoms with Gasteiger partial charge in [-0.25, -0.2) is 4.79 Å². The van der Waals surface area contributed by atoms with E-state index in [-0.39, 0.29) is 11.3 Å². The summed E-state index contributed by atoms with van der Waals surface area (Å²) in [5.41, 5.74) is 1.21. The molecule has 6 nitrogen and oxygen atoms in total. The van der Waals surface area contributed by atoms with Crippen molar-refractivity contribution in [3.8, 4) is 0 Å². The number of carboxylic acids is 1. The zero-order valence-electron chi connectivity index (χ0n) is 11.9. The average Bonchev–Trinajstić information content (AvgIpc) is 3.28. The Kier molecular flexibility index (Phi) is 3.11. The maximum atomic E-state index is 11.1. The van der Waals surface area contributed by atoms with E-state index in [9.17, 15) is 14.9 Å². The molecule has 2 N–H and O–H groups in total. The summed E-state index contributed by atoms with van der Waals surface area (Å²) in [6.07, 6.45) is 4.95. The van der Waals surface area contributed by atoms with Gasteiger partial charge in [-0.2, -0.15) is 0 Å². The summed E-state index contributed by atoms with van der Waals surface area (Å²) in [4.78, 5) is 21.7. The summed E-state index contributed by atoms with van der Waals surface area (Å²) >= 11 is 0. The second-order valence-electron chi connectivity index (χ2n) is 6.22. The van der Waals surface area contributed by atoms with Gasteiger partial charge in [0, 0.05) is 23.9 Å². The van der Waals surface area contributed by atoms with Crippen molar-refractivity contribution in [2.75, 3.05) is 11.9 Å². The molecule has 0 spiro atoms. The molecule has 0 amide bonds. The summed E-state index contributed by atoms with van der Waals surface area (Å²) in [6, 6.07) is 2.62. The zero-order valence-corrected chi connectivity index (χ0v) is 11.9. The van der Waals surface area contributed by atoms with Gasteiger partial charge in [-0.15, -0.1) is 0 Å². The molecule has 0 aliphatic heterocycles. The predicted octanol–water partition coefficient (Wildman–Crippen LogP) is 3.20. The standard InChI is InChI=1S/C15H18N2O4/c1-9-12(16-8-15(4-5-15)11-2-3-11)6-10(14(18)19)7-13(9)17(20)21/h6-7,11,16H,2-5,8H2,1H3,(H,18,19). The van der Waals surface area contributed by atoms with Crippen molar-refractivity contribution in [3.63, 3.8) is 0 Å². The van der Waals surface area contributed by atoms with Crippen LogP contribution in [0.2, 0.25) is 0 Å². The van der Waals surface area contributed by atoms with Gasteiger partial charge in [0.1, 0.15) is 0 Å². The minimum absolute atomic E-state index is 0.0499. The number of hydrogen-bond acceptors (Lipinski definition) is 4. The van der Waals surface area contributed by atoms with Crippen molar-refractivity contribution in [2.24, 2.45) is 11.3 Å². The molecule has 1 aromatic carbocycles. The van der Waals surface area contributed by atoms with Crippen LogP contribution < -0.4 is 5.32 Å².